The minimum Gasteiger partial charge on any atom is -0.342 e. The third-order valence-electron chi connectivity index (χ3n) is 4.78. The number of hydrogen-bond acceptors (Lipinski definition) is 2. The Morgan fingerprint density at radius 3 is 2.55 bits per heavy atom. The lowest BCUT2D eigenvalue weighted by molar-refractivity contribution is 0.490. The summed E-state index contributed by atoms with van der Waals surface area (Å²) in [4.78, 5) is 8.22. The lowest BCUT2D eigenvalue weighted by Crippen LogP contribution is -2.22. The number of nitrogens with one attached hydrogen (secondary N) is 2. The summed E-state index contributed by atoms with van der Waals surface area (Å²) >= 11 is 0. The summed E-state index contributed by atoms with van der Waals surface area (Å²) in [5.41, 5.74) is 5.00. The van der Waals surface area contributed by atoms with E-state index in [-0.39, 0.29) is 0 Å². The first-order valence-corrected chi connectivity index (χ1v) is 7.58. The van der Waals surface area contributed by atoms with Gasteiger partial charge in [0.15, 0.2) is 0 Å². The van der Waals surface area contributed by atoms with E-state index in [2.05, 4.69) is 47.3 Å². The number of H-pyrrole nitrogens is 1. The number of imidazole rings is 1. The molecule has 0 amide bonds. The van der Waals surface area contributed by atoms with Crippen LogP contribution in [0.4, 0.5) is 0 Å². The number of aryl methyl sites for hydroxylation is 2. The summed E-state index contributed by atoms with van der Waals surface area (Å²) in [7, 11) is 0. The molecule has 1 aromatic carbocycles. The lowest BCUT2D eigenvalue weighted by Gasteiger charge is -2.17. The molecule has 2 aliphatic heterocycles. The Balaban J connectivity index is 1.65. The molecule has 0 radical (unpaired) electrons. The van der Waals surface area contributed by atoms with Gasteiger partial charge < -0.3 is 10.3 Å². The van der Waals surface area contributed by atoms with Crippen molar-refractivity contribution in [3.63, 3.8) is 0 Å². The number of benzene rings is 1. The first-order chi connectivity index (χ1) is 9.69. The Morgan fingerprint density at radius 1 is 1.10 bits per heavy atom. The molecule has 2 saturated heterocycles. The second-order valence-corrected chi connectivity index (χ2v) is 6.45. The van der Waals surface area contributed by atoms with Crippen LogP contribution in [-0.4, -0.2) is 22.1 Å². The van der Waals surface area contributed by atoms with Crippen LogP contribution in [0.25, 0.3) is 11.3 Å². The van der Waals surface area contributed by atoms with Gasteiger partial charge in [0, 0.05) is 23.6 Å². The van der Waals surface area contributed by atoms with E-state index in [1.807, 2.05) is 6.20 Å². The molecule has 2 aromatic rings. The van der Waals surface area contributed by atoms with Crippen molar-refractivity contribution >= 4 is 0 Å². The molecule has 2 aliphatic rings. The molecule has 3 heteroatoms. The molecule has 2 N–H and O–H groups in total. The predicted octanol–water partition coefficient (Wildman–Crippen LogP) is 3.30. The van der Waals surface area contributed by atoms with E-state index in [1.165, 1.54) is 41.8 Å². The van der Waals surface area contributed by atoms with Crippen LogP contribution in [0.15, 0.2) is 24.4 Å². The molecule has 2 bridgehead atoms. The van der Waals surface area contributed by atoms with Crippen molar-refractivity contribution in [3.8, 4) is 11.3 Å². The molecule has 20 heavy (non-hydrogen) atoms. The molecule has 104 valence electrons. The van der Waals surface area contributed by atoms with Crippen LogP contribution in [0.1, 0.15) is 42.1 Å². The third-order valence-corrected chi connectivity index (χ3v) is 4.78. The van der Waals surface area contributed by atoms with Crippen molar-refractivity contribution in [2.75, 3.05) is 0 Å². The molecule has 3 nitrogen and oxygen atoms in total. The van der Waals surface area contributed by atoms with Crippen molar-refractivity contribution in [1.82, 2.24) is 15.3 Å². The van der Waals surface area contributed by atoms with Gasteiger partial charge in [0.1, 0.15) is 5.82 Å². The second kappa shape index (κ2) is 4.45. The van der Waals surface area contributed by atoms with Crippen molar-refractivity contribution < 1.29 is 0 Å². The monoisotopic (exact) mass is 267 g/mol. The van der Waals surface area contributed by atoms with Gasteiger partial charge in [-0.2, -0.15) is 0 Å². The first kappa shape index (κ1) is 12.2. The quantitative estimate of drug-likeness (QED) is 0.876. The molecule has 0 spiro atoms. The van der Waals surface area contributed by atoms with Crippen molar-refractivity contribution in [2.45, 2.75) is 51.1 Å². The molecule has 4 rings (SSSR count). The normalized spacial score (nSPS) is 28.2. The van der Waals surface area contributed by atoms with Crippen LogP contribution in [-0.2, 0) is 0 Å². The standard InChI is InChI=1S/C17H21N3/c1-10-5-11(2)7-12(6-10)16-9-18-17(20-16)14-8-13-3-4-15(14)19-13/h5-7,9,13-15,19H,3-4,8H2,1-2H3,(H,18,20). The van der Waals surface area contributed by atoms with E-state index in [4.69, 9.17) is 0 Å². The average molecular weight is 267 g/mol. The Morgan fingerprint density at radius 2 is 1.90 bits per heavy atom. The highest BCUT2D eigenvalue weighted by Gasteiger charge is 2.41. The third kappa shape index (κ3) is 1.97. The highest BCUT2D eigenvalue weighted by molar-refractivity contribution is 5.60. The fraction of sp³-hybridized carbons (Fsp3) is 0.471. The Hall–Kier alpha value is -1.61. The zero-order valence-electron chi connectivity index (χ0n) is 12.1. The van der Waals surface area contributed by atoms with E-state index >= 15 is 0 Å². The molecule has 3 heterocycles. The highest BCUT2D eigenvalue weighted by Crippen LogP contribution is 2.39. The zero-order valence-corrected chi connectivity index (χ0v) is 12.1. The van der Waals surface area contributed by atoms with E-state index in [9.17, 15) is 0 Å². The van der Waals surface area contributed by atoms with Crippen LogP contribution >= 0.6 is 0 Å². The van der Waals surface area contributed by atoms with Gasteiger partial charge >= 0.3 is 0 Å². The summed E-state index contributed by atoms with van der Waals surface area (Å²) in [6.07, 6.45) is 5.88. The van der Waals surface area contributed by atoms with Gasteiger partial charge in [-0.1, -0.05) is 17.2 Å². The summed E-state index contributed by atoms with van der Waals surface area (Å²) in [5, 5.41) is 3.68. The maximum Gasteiger partial charge on any atom is 0.111 e. The molecule has 2 fully saturated rings. The maximum absolute atomic E-state index is 4.66. The maximum atomic E-state index is 4.66. The van der Waals surface area contributed by atoms with Gasteiger partial charge in [0.2, 0.25) is 0 Å². The van der Waals surface area contributed by atoms with Gasteiger partial charge in [0.05, 0.1) is 11.9 Å². The number of fused-ring (bicyclic) bond motifs is 2. The van der Waals surface area contributed by atoms with E-state index in [1.54, 1.807) is 0 Å². The molecule has 1 aromatic heterocycles. The summed E-state index contributed by atoms with van der Waals surface area (Å²) in [6, 6.07) is 8.02. The smallest absolute Gasteiger partial charge is 0.111 e. The van der Waals surface area contributed by atoms with Crippen LogP contribution in [0.5, 0.6) is 0 Å². The fourth-order valence-electron chi connectivity index (χ4n) is 3.93. The average Bonchev–Trinajstić information content (AvgIpc) is 3.13. The van der Waals surface area contributed by atoms with Crippen LogP contribution in [0, 0.1) is 13.8 Å². The summed E-state index contributed by atoms with van der Waals surface area (Å²) in [6.45, 7) is 4.29. The minimum absolute atomic E-state index is 0.577. The SMILES string of the molecule is Cc1cc(C)cc(-c2cnc(C3CC4CCC3N4)[nH]2)c1. The summed E-state index contributed by atoms with van der Waals surface area (Å²) in [5.74, 6) is 1.74. The number of aromatic amines is 1. The largest absolute Gasteiger partial charge is 0.342 e. The first-order valence-electron chi connectivity index (χ1n) is 7.58. The minimum atomic E-state index is 0.577. The lowest BCUT2D eigenvalue weighted by atomic mass is 9.89. The molecule has 0 saturated carbocycles. The van der Waals surface area contributed by atoms with Crippen LogP contribution in [0.2, 0.25) is 0 Å². The number of aromatic nitrogens is 2. The number of rotatable bonds is 2. The predicted molar refractivity (Wildman–Crippen MR) is 80.8 cm³/mol. The van der Waals surface area contributed by atoms with E-state index in [0.29, 0.717) is 12.0 Å². The van der Waals surface area contributed by atoms with E-state index in [0.717, 1.165) is 11.7 Å². The number of nitrogens with zero attached hydrogens (tertiary/aromatic N) is 1. The van der Waals surface area contributed by atoms with Gasteiger partial charge in [-0.15, -0.1) is 0 Å². The van der Waals surface area contributed by atoms with Gasteiger partial charge in [-0.25, -0.2) is 4.98 Å². The van der Waals surface area contributed by atoms with Crippen molar-refractivity contribution in [2.24, 2.45) is 0 Å². The molecule has 3 atom stereocenters. The Labute approximate surface area is 119 Å². The number of hydrogen-bond donors (Lipinski definition) is 2. The van der Waals surface area contributed by atoms with Crippen LogP contribution in [0.3, 0.4) is 0 Å². The second-order valence-electron chi connectivity index (χ2n) is 6.45. The van der Waals surface area contributed by atoms with E-state index < -0.39 is 0 Å². The van der Waals surface area contributed by atoms with Crippen LogP contribution < -0.4 is 5.32 Å². The molecular formula is C17H21N3. The van der Waals surface area contributed by atoms with Gasteiger partial charge in [0.25, 0.3) is 0 Å². The molecule has 0 aliphatic carbocycles. The van der Waals surface area contributed by atoms with Crippen molar-refractivity contribution in [3.05, 3.63) is 41.3 Å². The molecular weight excluding hydrogens is 246 g/mol. The fourth-order valence-corrected chi connectivity index (χ4v) is 3.93. The zero-order chi connectivity index (χ0) is 13.7. The van der Waals surface area contributed by atoms with Crippen molar-refractivity contribution in [1.29, 1.82) is 0 Å². The van der Waals surface area contributed by atoms with Gasteiger partial charge in [-0.3, -0.25) is 0 Å². The topological polar surface area (TPSA) is 40.7 Å². The Bertz CT molecular complexity index is 623. The highest BCUT2D eigenvalue weighted by atomic mass is 15.1. The summed E-state index contributed by atoms with van der Waals surface area (Å²) < 4.78 is 0. The molecule has 3 unspecified atom stereocenters. The Kier molecular flexibility index (Phi) is 2.71. The van der Waals surface area contributed by atoms with Gasteiger partial charge in [-0.05, 0) is 45.2 Å².